The van der Waals surface area contributed by atoms with Crippen molar-refractivity contribution in [2.24, 2.45) is 5.92 Å². The van der Waals surface area contributed by atoms with Gasteiger partial charge in [-0.3, -0.25) is 0 Å². The van der Waals surface area contributed by atoms with Gasteiger partial charge in [-0.15, -0.1) is 11.3 Å². The van der Waals surface area contributed by atoms with Crippen LogP contribution in [0.15, 0.2) is 11.6 Å². The summed E-state index contributed by atoms with van der Waals surface area (Å²) >= 11 is 1.41. The highest BCUT2D eigenvalue weighted by Gasteiger charge is 2.30. The molecule has 1 aliphatic rings. The zero-order valence-corrected chi connectivity index (χ0v) is 15.1. The Hall–Kier alpha value is -1.14. The van der Waals surface area contributed by atoms with E-state index >= 15 is 0 Å². The highest BCUT2D eigenvalue weighted by Crippen LogP contribution is 2.31. The molecule has 0 radical (unpaired) electrons. The summed E-state index contributed by atoms with van der Waals surface area (Å²) in [5.74, 6) is 0.540. The maximum Gasteiger partial charge on any atom is 0.407 e. The number of hydrogen-bond donors (Lipinski definition) is 2. The standard InChI is InChI=1S/C17H28N2O3S/c1-17(2,3)22-16(21)19-13(11-12-7-5-4-6-8-12)14(20)15-18-9-10-23-15/h9-10,12-14,20H,4-8,11H2,1-3H3,(H,19,21)/t13-,14+/m1/s1. The van der Waals surface area contributed by atoms with E-state index in [1.165, 1.54) is 30.6 Å². The van der Waals surface area contributed by atoms with Crippen LogP contribution in [0.4, 0.5) is 4.79 Å². The van der Waals surface area contributed by atoms with Gasteiger partial charge in [0.2, 0.25) is 0 Å². The molecule has 0 unspecified atom stereocenters. The largest absolute Gasteiger partial charge is 0.444 e. The van der Waals surface area contributed by atoms with E-state index in [2.05, 4.69) is 10.3 Å². The lowest BCUT2D eigenvalue weighted by Crippen LogP contribution is -2.43. The summed E-state index contributed by atoms with van der Waals surface area (Å²) in [5.41, 5.74) is -0.550. The maximum atomic E-state index is 12.1. The summed E-state index contributed by atoms with van der Waals surface area (Å²) in [7, 11) is 0. The molecule has 2 atom stereocenters. The monoisotopic (exact) mass is 340 g/mol. The molecule has 130 valence electrons. The summed E-state index contributed by atoms with van der Waals surface area (Å²) in [4.78, 5) is 16.3. The molecule has 1 aromatic heterocycles. The second-order valence-electron chi connectivity index (χ2n) is 7.31. The fraction of sp³-hybridized carbons (Fsp3) is 0.765. The molecule has 0 bridgehead atoms. The van der Waals surface area contributed by atoms with Gasteiger partial charge in [-0.05, 0) is 33.1 Å². The smallest absolute Gasteiger partial charge is 0.407 e. The van der Waals surface area contributed by atoms with Crippen molar-refractivity contribution in [3.63, 3.8) is 0 Å². The van der Waals surface area contributed by atoms with Crippen LogP contribution in [0.3, 0.4) is 0 Å². The minimum absolute atomic E-state index is 0.362. The molecule has 1 fully saturated rings. The molecule has 0 spiro atoms. The van der Waals surface area contributed by atoms with Crippen LogP contribution in [-0.2, 0) is 4.74 Å². The number of rotatable bonds is 5. The van der Waals surface area contributed by atoms with Gasteiger partial charge < -0.3 is 15.2 Å². The minimum atomic E-state index is -0.788. The molecule has 1 aliphatic carbocycles. The van der Waals surface area contributed by atoms with E-state index in [-0.39, 0.29) is 6.04 Å². The zero-order valence-electron chi connectivity index (χ0n) is 14.2. The number of aliphatic hydroxyl groups is 1. The maximum absolute atomic E-state index is 12.1. The number of nitrogens with one attached hydrogen (secondary N) is 1. The lowest BCUT2D eigenvalue weighted by molar-refractivity contribution is 0.0390. The van der Waals surface area contributed by atoms with Gasteiger partial charge in [0.25, 0.3) is 0 Å². The Balaban J connectivity index is 2.02. The van der Waals surface area contributed by atoms with Crippen LogP contribution in [0.1, 0.15) is 70.4 Å². The molecule has 0 saturated heterocycles. The minimum Gasteiger partial charge on any atom is -0.444 e. The Bertz CT molecular complexity index is 479. The van der Waals surface area contributed by atoms with E-state index in [0.29, 0.717) is 10.9 Å². The van der Waals surface area contributed by atoms with Gasteiger partial charge in [-0.25, -0.2) is 9.78 Å². The van der Waals surface area contributed by atoms with E-state index in [4.69, 9.17) is 4.74 Å². The number of amides is 1. The predicted molar refractivity (Wildman–Crippen MR) is 91.4 cm³/mol. The molecule has 0 aliphatic heterocycles. The average Bonchev–Trinajstić information content (AvgIpc) is 2.99. The van der Waals surface area contributed by atoms with Crippen molar-refractivity contribution in [3.8, 4) is 0 Å². The van der Waals surface area contributed by atoms with Crippen molar-refractivity contribution in [1.82, 2.24) is 10.3 Å². The van der Waals surface area contributed by atoms with Crippen molar-refractivity contribution in [2.75, 3.05) is 0 Å². The highest BCUT2D eigenvalue weighted by atomic mass is 32.1. The first kappa shape index (κ1) is 18.2. The Labute approximate surface area is 142 Å². The van der Waals surface area contributed by atoms with Crippen LogP contribution in [0, 0.1) is 5.92 Å². The van der Waals surface area contributed by atoms with Crippen LogP contribution in [0.5, 0.6) is 0 Å². The third kappa shape index (κ3) is 6.11. The number of carbonyl (C=O) groups excluding carboxylic acids is 1. The molecule has 5 nitrogen and oxygen atoms in total. The summed E-state index contributed by atoms with van der Waals surface area (Å²) in [6, 6.07) is -0.362. The Morgan fingerprint density at radius 2 is 2.13 bits per heavy atom. The van der Waals surface area contributed by atoms with Gasteiger partial charge in [0.1, 0.15) is 16.7 Å². The summed E-state index contributed by atoms with van der Waals surface area (Å²) in [6.07, 6.45) is 7.25. The third-order valence-electron chi connectivity index (χ3n) is 4.10. The Kier molecular flexibility index (Phi) is 6.41. The zero-order chi connectivity index (χ0) is 16.9. The summed E-state index contributed by atoms with van der Waals surface area (Å²) in [6.45, 7) is 5.50. The highest BCUT2D eigenvalue weighted by molar-refractivity contribution is 7.09. The number of carbonyl (C=O) groups is 1. The van der Waals surface area contributed by atoms with Gasteiger partial charge in [-0.1, -0.05) is 32.1 Å². The molecule has 1 aromatic rings. The Morgan fingerprint density at radius 1 is 1.43 bits per heavy atom. The van der Waals surface area contributed by atoms with Gasteiger partial charge >= 0.3 is 6.09 Å². The summed E-state index contributed by atoms with van der Waals surface area (Å²) < 4.78 is 5.35. The molecule has 1 amide bonds. The van der Waals surface area contributed by atoms with Crippen LogP contribution >= 0.6 is 11.3 Å². The van der Waals surface area contributed by atoms with Crippen LogP contribution < -0.4 is 5.32 Å². The van der Waals surface area contributed by atoms with Crippen molar-refractivity contribution >= 4 is 17.4 Å². The van der Waals surface area contributed by atoms with Crippen molar-refractivity contribution < 1.29 is 14.6 Å². The number of thiazole rings is 1. The lowest BCUT2D eigenvalue weighted by Gasteiger charge is -2.30. The van der Waals surface area contributed by atoms with Crippen molar-refractivity contribution in [3.05, 3.63) is 16.6 Å². The normalized spacial score (nSPS) is 19.1. The molecule has 23 heavy (non-hydrogen) atoms. The van der Waals surface area contributed by atoms with Crippen molar-refractivity contribution in [1.29, 1.82) is 0 Å². The molecule has 0 aromatic carbocycles. The van der Waals surface area contributed by atoms with Gasteiger partial charge in [-0.2, -0.15) is 0 Å². The number of aliphatic hydroxyl groups excluding tert-OH is 1. The molecule has 1 heterocycles. The van der Waals surface area contributed by atoms with E-state index in [0.717, 1.165) is 19.3 Å². The molecular weight excluding hydrogens is 312 g/mol. The number of nitrogens with zero attached hydrogens (tertiary/aromatic N) is 1. The predicted octanol–water partition coefficient (Wildman–Crippen LogP) is 4.04. The third-order valence-corrected chi connectivity index (χ3v) is 4.95. The number of hydrogen-bond acceptors (Lipinski definition) is 5. The van der Waals surface area contributed by atoms with Crippen LogP contribution in [0.2, 0.25) is 0 Å². The second kappa shape index (κ2) is 8.11. The first-order valence-electron chi connectivity index (χ1n) is 8.42. The van der Waals surface area contributed by atoms with E-state index in [9.17, 15) is 9.90 Å². The van der Waals surface area contributed by atoms with Crippen LogP contribution in [0.25, 0.3) is 0 Å². The van der Waals surface area contributed by atoms with Gasteiger partial charge in [0.05, 0.1) is 6.04 Å². The molecule has 2 rings (SSSR count). The van der Waals surface area contributed by atoms with Crippen molar-refractivity contribution in [2.45, 2.75) is 77.0 Å². The lowest BCUT2D eigenvalue weighted by atomic mass is 9.84. The average molecular weight is 340 g/mol. The first-order chi connectivity index (χ1) is 10.8. The first-order valence-corrected chi connectivity index (χ1v) is 9.30. The fourth-order valence-electron chi connectivity index (χ4n) is 3.06. The molecular formula is C17H28N2O3S. The van der Waals surface area contributed by atoms with E-state index < -0.39 is 17.8 Å². The number of alkyl carbamates (subject to hydrolysis) is 1. The Morgan fingerprint density at radius 3 is 2.70 bits per heavy atom. The molecule has 6 heteroatoms. The van der Waals surface area contributed by atoms with E-state index in [1.807, 2.05) is 26.2 Å². The molecule has 2 N–H and O–H groups in total. The molecule has 1 saturated carbocycles. The number of ether oxygens (including phenoxy) is 1. The quantitative estimate of drug-likeness (QED) is 0.848. The second-order valence-corrected chi connectivity index (χ2v) is 8.23. The number of aromatic nitrogens is 1. The van der Waals surface area contributed by atoms with E-state index in [1.54, 1.807) is 6.20 Å². The topological polar surface area (TPSA) is 71.5 Å². The van der Waals surface area contributed by atoms with Gasteiger partial charge in [0.15, 0.2) is 0 Å². The van der Waals surface area contributed by atoms with Crippen LogP contribution in [-0.4, -0.2) is 27.8 Å². The SMILES string of the molecule is CC(C)(C)OC(=O)N[C@H](CC1CCCCC1)[C@H](O)c1nccs1. The fourth-order valence-corrected chi connectivity index (χ4v) is 3.75. The summed E-state index contributed by atoms with van der Waals surface area (Å²) in [5, 5.41) is 16.0. The van der Waals surface area contributed by atoms with Gasteiger partial charge in [0, 0.05) is 11.6 Å².